The summed E-state index contributed by atoms with van der Waals surface area (Å²) in [5.41, 5.74) is -0.138. The number of carboxylic acids is 1. The Morgan fingerprint density at radius 2 is 0.983 bits per heavy atom. The summed E-state index contributed by atoms with van der Waals surface area (Å²) in [6.07, 6.45) is -20.6. The van der Waals surface area contributed by atoms with E-state index in [0.29, 0.717) is 6.42 Å². The summed E-state index contributed by atoms with van der Waals surface area (Å²) in [6.45, 7) is 8.14. The van der Waals surface area contributed by atoms with Crippen LogP contribution < -0.4 is 0 Å². The van der Waals surface area contributed by atoms with Crippen LogP contribution in [0.25, 0.3) is 0 Å². The van der Waals surface area contributed by atoms with Crippen LogP contribution in [0.4, 0.5) is 0 Å². The van der Waals surface area contributed by atoms with Crippen molar-refractivity contribution in [3.8, 4) is 0 Å². The Balaban J connectivity index is 1.26. The first-order valence-corrected chi connectivity index (χ1v) is 20.1. The van der Waals surface area contributed by atoms with Crippen LogP contribution in [-0.2, 0) is 42.7 Å². The van der Waals surface area contributed by atoms with Crippen LogP contribution in [0.1, 0.15) is 48.0 Å². The Labute approximate surface area is 338 Å². The molecule has 4 heterocycles. The van der Waals surface area contributed by atoms with Gasteiger partial charge in [-0.2, -0.15) is 0 Å². The average Bonchev–Trinajstić information content (AvgIpc) is 3.15. The molecule has 0 saturated carbocycles. The van der Waals surface area contributed by atoms with Crippen LogP contribution in [0, 0.1) is 23.2 Å². The molecule has 58 heavy (non-hydrogen) atoms. The summed E-state index contributed by atoms with van der Waals surface area (Å²) in [4.78, 5) is 12.2. The summed E-state index contributed by atoms with van der Waals surface area (Å²) >= 11 is 0. The summed E-state index contributed by atoms with van der Waals surface area (Å²) in [6, 6.07) is 0. The highest BCUT2D eigenvalue weighted by molar-refractivity contribution is 5.73. The number of carbonyl (C=O) groups is 1. The van der Waals surface area contributed by atoms with Gasteiger partial charge >= 0.3 is 5.97 Å². The molecule has 0 amide bonds. The summed E-state index contributed by atoms with van der Waals surface area (Å²) in [5, 5.41) is 116. The predicted octanol–water partition coefficient (Wildman–Crippen LogP) is -3.84. The van der Waals surface area contributed by atoms with Crippen molar-refractivity contribution >= 4 is 5.97 Å². The van der Waals surface area contributed by atoms with Gasteiger partial charge in [-0.15, -0.1) is 0 Å². The first-order chi connectivity index (χ1) is 27.2. The fraction of sp³-hybridized carbons (Fsp3) is 0.974. The fourth-order valence-electron chi connectivity index (χ4n) is 8.16. The van der Waals surface area contributed by atoms with Crippen LogP contribution in [-0.4, -0.2) is 225 Å². The van der Waals surface area contributed by atoms with E-state index < -0.39 is 154 Å². The van der Waals surface area contributed by atoms with Crippen LogP contribution in [0.15, 0.2) is 0 Å². The van der Waals surface area contributed by atoms with E-state index in [0.717, 1.165) is 0 Å². The number of hydrogen-bond acceptors (Lipinski definition) is 19. The van der Waals surface area contributed by atoms with Crippen molar-refractivity contribution in [2.24, 2.45) is 23.2 Å². The maximum absolute atomic E-state index is 12.2. The minimum Gasteiger partial charge on any atom is -0.479 e. The van der Waals surface area contributed by atoms with Crippen LogP contribution in [0.5, 0.6) is 0 Å². The summed E-state index contributed by atoms with van der Waals surface area (Å²) in [7, 11) is 0. The summed E-state index contributed by atoms with van der Waals surface area (Å²) < 4.78 is 45.8. The number of hydrogen-bond donors (Lipinski definition) is 11. The minimum absolute atomic E-state index is 0.0526. The standard InChI is InChI=1S/C38H68O20/c1-16(2)54-36-33(47)23(9-40)57-26(34(36)48)15-53-12-20-29(43)32(46)25(58-35(20)37(49)50)14-52-11-19-22(8-39)56-24(31(45)28(19)42)13-51-10-18-17(3)55-21(7-38(4,5)6)30(44)27(18)41/h16-36,39-48H,7-15H2,1-6H3,(H,49,50). The Morgan fingerprint density at radius 1 is 0.552 bits per heavy atom. The van der Waals surface area contributed by atoms with Gasteiger partial charge in [-0.3, -0.25) is 0 Å². The van der Waals surface area contributed by atoms with Crippen molar-refractivity contribution in [3.05, 3.63) is 0 Å². The van der Waals surface area contributed by atoms with Crippen LogP contribution in [0.2, 0.25) is 0 Å². The molecule has 4 saturated heterocycles. The van der Waals surface area contributed by atoms with Gasteiger partial charge in [0.15, 0.2) is 6.10 Å². The summed E-state index contributed by atoms with van der Waals surface area (Å²) in [5.74, 6) is -4.34. The lowest BCUT2D eigenvalue weighted by molar-refractivity contribution is -0.261. The molecule has 4 aliphatic rings. The Hall–Kier alpha value is -1.25. The molecule has 20 unspecified atom stereocenters. The molecule has 0 radical (unpaired) electrons. The van der Waals surface area contributed by atoms with E-state index in [1.807, 2.05) is 20.8 Å². The Morgan fingerprint density at radius 3 is 1.50 bits per heavy atom. The molecule has 0 aliphatic carbocycles. The molecule has 20 atom stereocenters. The average molecular weight is 845 g/mol. The zero-order valence-corrected chi connectivity index (χ0v) is 34.1. The van der Waals surface area contributed by atoms with E-state index in [1.54, 1.807) is 20.8 Å². The SMILES string of the molecule is CC(C)OC1C(O)C(CO)OC(COCC2C(C(=O)O)OC(COCC3C(CO)OC(COCC4C(C)OC(CC(C)(C)C)C(O)C4O)C(O)C3O)C(O)C2O)C1O. The zero-order valence-electron chi connectivity index (χ0n) is 34.1. The molecule has 0 bridgehead atoms. The minimum atomic E-state index is -1.68. The number of ether oxygens (including phenoxy) is 8. The van der Waals surface area contributed by atoms with Crippen molar-refractivity contribution in [3.63, 3.8) is 0 Å². The number of aliphatic hydroxyl groups excluding tert-OH is 10. The van der Waals surface area contributed by atoms with Crippen molar-refractivity contribution in [1.29, 1.82) is 0 Å². The number of carboxylic acid groups (broad SMARTS) is 1. The van der Waals surface area contributed by atoms with Crippen LogP contribution >= 0.6 is 0 Å². The monoisotopic (exact) mass is 844 g/mol. The molecule has 0 spiro atoms. The third-order valence-electron chi connectivity index (χ3n) is 11.4. The molecule has 20 heteroatoms. The van der Waals surface area contributed by atoms with Gasteiger partial charge in [-0.25, -0.2) is 4.79 Å². The lowest BCUT2D eigenvalue weighted by Gasteiger charge is -2.44. The van der Waals surface area contributed by atoms with E-state index in [9.17, 15) is 61.0 Å². The smallest absolute Gasteiger partial charge is 0.333 e. The maximum atomic E-state index is 12.2. The highest BCUT2D eigenvalue weighted by atomic mass is 16.6. The third kappa shape index (κ3) is 12.2. The highest BCUT2D eigenvalue weighted by Gasteiger charge is 2.50. The molecule has 4 rings (SSSR count). The third-order valence-corrected chi connectivity index (χ3v) is 11.4. The molecule has 0 aromatic heterocycles. The van der Waals surface area contributed by atoms with Gasteiger partial charge in [0.2, 0.25) is 0 Å². The predicted molar refractivity (Wildman–Crippen MR) is 197 cm³/mol. The first-order valence-electron chi connectivity index (χ1n) is 20.1. The van der Waals surface area contributed by atoms with Gasteiger partial charge < -0.3 is 94.1 Å². The first kappa shape index (κ1) is 49.4. The molecule has 0 aromatic carbocycles. The molecule has 340 valence electrons. The van der Waals surface area contributed by atoms with Gasteiger partial charge in [0.1, 0.15) is 61.0 Å². The van der Waals surface area contributed by atoms with Crippen molar-refractivity contribution < 1.29 is 98.9 Å². The zero-order chi connectivity index (χ0) is 43.2. The normalized spacial score (nSPS) is 44.1. The van der Waals surface area contributed by atoms with Gasteiger partial charge in [-0.1, -0.05) is 20.8 Å². The lowest BCUT2D eigenvalue weighted by Crippen LogP contribution is -2.61. The maximum Gasteiger partial charge on any atom is 0.333 e. The Bertz CT molecular complexity index is 1240. The second kappa shape index (κ2) is 21.7. The molecule has 20 nitrogen and oxygen atoms in total. The number of aliphatic hydroxyl groups is 10. The quantitative estimate of drug-likeness (QED) is 0.0630. The second-order valence-corrected chi connectivity index (χ2v) is 17.5. The van der Waals surface area contributed by atoms with Crippen molar-refractivity contribution in [1.82, 2.24) is 0 Å². The van der Waals surface area contributed by atoms with Crippen LogP contribution in [0.3, 0.4) is 0 Å². The van der Waals surface area contributed by atoms with Gasteiger partial charge in [0, 0.05) is 17.8 Å². The Kier molecular flexibility index (Phi) is 18.5. The van der Waals surface area contributed by atoms with Gasteiger partial charge in [-0.05, 0) is 32.6 Å². The van der Waals surface area contributed by atoms with E-state index in [4.69, 9.17) is 37.9 Å². The van der Waals surface area contributed by atoms with E-state index >= 15 is 0 Å². The molecular formula is C38H68O20. The van der Waals surface area contributed by atoms with Gasteiger partial charge in [0.25, 0.3) is 0 Å². The molecular weight excluding hydrogens is 776 g/mol. The van der Waals surface area contributed by atoms with Gasteiger partial charge in [0.05, 0.1) is 95.6 Å². The van der Waals surface area contributed by atoms with Crippen molar-refractivity contribution in [2.75, 3.05) is 52.9 Å². The topological polar surface area (TPSA) is 313 Å². The molecule has 0 aromatic rings. The molecule has 11 N–H and O–H groups in total. The molecule has 4 fully saturated rings. The highest BCUT2D eigenvalue weighted by Crippen LogP contribution is 2.34. The fourth-order valence-corrected chi connectivity index (χ4v) is 8.16. The van der Waals surface area contributed by atoms with E-state index in [1.165, 1.54) is 0 Å². The molecule has 4 aliphatic heterocycles. The van der Waals surface area contributed by atoms with E-state index in [2.05, 4.69) is 0 Å². The largest absolute Gasteiger partial charge is 0.479 e. The van der Waals surface area contributed by atoms with Crippen molar-refractivity contribution in [2.45, 2.75) is 158 Å². The lowest BCUT2D eigenvalue weighted by atomic mass is 9.81. The van der Waals surface area contributed by atoms with E-state index in [-0.39, 0.29) is 37.9 Å². The number of rotatable bonds is 18. The number of aliphatic carboxylic acids is 1. The second-order valence-electron chi connectivity index (χ2n) is 17.5.